The van der Waals surface area contributed by atoms with Crippen molar-refractivity contribution < 1.29 is 4.74 Å². The molecule has 0 fully saturated rings. The van der Waals surface area contributed by atoms with Gasteiger partial charge in [0.25, 0.3) is 0 Å². The smallest absolute Gasteiger partial charge is 0.119 e. The van der Waals surface area contributed by atoms with Crippen molar-refractivity contribution in [1.82, 2.24) is 0 Å². The molecule has 4 heteroatoms. The van der Waals surface area contributed by atoms with Crippen molar-refractivity contribution in [1.29, 1.82) is 0 Å². The molecule has 1 unspecified atom stereocenters. The van der Waals surface area contributed by atoms with Crippen LogP contribution in [0.1, 0.15) is 23.6 Å². The van der Waals surface area contributed by atoms with Gasteiger partial charge in [0, 0.05) is 10.2 Å². The summed E-state index contributed by atoms with van der Waals surface area (Å²) >= 11 is 9.63. The maximum atomic E-state index is 6.15. The van der Waals surface area contributed by atoms with Crippen LogP contribution in [0.4, 0.5) is 5.69 Å². The van der Waals surface area contributed by atoms with Crippen LogP contribution in [0.3, 0.4) is 0 Å². The average molecular weight is 353 g/mol. The highest BCUT2D eigenvalue weighted by Crippen LogP contribution is 2.37. The number of nitrogens with one attached hydrogen (secondary N) is 1. The van der Waals surface area contributed by atoms with Gasteiger partial charge in [-0.25, -0.2) is 0 Å². The van der Waals surface area contributed by atoms with E-state index in [2.05, 4.69) is 39.4 Å². The second kappa shape index (κ2) is 5.66. The lowest BCUT2D eigenvalue weighted by molar-refractivity contribution is 0.414. The second-order valence-electron chi connectivity index (χ2n) is 4.94. The zero-order valence-electron chi connectivity index (χ0n) is 11.1. The molecule has 1 N–H and O–H groups in total. The number of halogens is 2. The maximum Gasteiger partial charge on any atom is 0.119 e. The normalized spacial score (nSPS) is 17.2. The quantitative estimate of drug-likeness (QED) is 0.801. The monoisotopic (exact) mass is 351 g/mol. The Balaban J connectivity index is 1.89. The molecule has 2 aromatic rings. The lowest BCUT2D eigenvalue weighted by Crippen LogP contribution is -2.18. The molecule has 0 aromatic heterocycles. The fraction of sp³-hybridized carbons (Fsp3) is 0.250. The number of rotatable bonds is 2. The molecule has 3 rings (SSSR count). The van der Waals surface area contributed by atoms with E-state index in [0.717, 1.165) is 33.8 Å². The number of methoxy groups -OCH3 is 1. The SMILES string of the molecule is COc1cccc(C2CCc3cc(Cl)c(Br)cc3N2)c1. The van der Waals surface area contributed by atoms with Crippen LogP contribution in [0.2, 0.25) is 5.02 Å². The number of anilines is 1. The first kappa shape index (κ1) is 13.8. The molecule has 0 saturated heterocycles. The van der Waals surface area contributed by atoms with E-state index >= 15 is 0 Å². The summed E-state index contributed by atoms with van der Waals surface area (Å²) in [5.41, 5.74) is 3.68. The molecule has 2 nitrogen and oxygen atoms in total. The van der Waals surface area contributed by atoms with E-state index in [0.29, 0.717) is 6.04 Å². The molecule has 20 heavy (non-hydrogen) atoms. The predicted molar refractivity (Wildman–Crippen MR) is 86.8 cm³/mol. The summed E-state index contributed by atoms with van der Waals surface area (Å²) in [6, 6.07) is 12.6. The molecule has 0 spiro atoms. The van der Waals surface area contributed by atoms with Crippen molar-refractivity contribution in [2.24, 2.45) is 0 Å². The molecule has 2 aromatic carbocycles. The molecule has 1 heterocycles. The van der Waals surface area contributed by atoms with Crippen LogP contribution in [-0.2, 0) is 6.42 Å². The molecule has 0 radical (unpaired) electrons. The summed E-state index contributed by atoms with van der Waals surface area (Å²) in [5.74, 6) is 0.896. The molecular weight excluding hydrogens is 338 g/mol. The Morgan fingerprint density at radius 3 is 2.95 bits per heavy atom. The third-order valence-electron chi connectivity index (χ3n) is 3.67. The van der Waals surface area contributed by atoms with E-state index in [4.69, 9.17) is 16.3 Å². The van der Waals surface area contributed by atoms with Crippen molar-refractivity contribution >= 4 is 33.2 Å². The highest BCUT2D eigenvalue weighted by atomic mass is 79.9. The summed E-state index contributed by atoms with van der Waals surface area (Å²) in [6.07, 6.45) is 2.08. The molecule has 0 amide bonds. The third-order valence-corrected chi connectivity index (χ3v) is 4.87. The van der Waals surface area contributed by atoms with Gasteiger partial charge in [-0.1, -0.05) is 23.7 Å². The molecule has 1 aliphatic heterocycles. The minimum absolute atomic E-state index is 0.311. The second-order valence-corrected chi connectivity index (χ2v) is 6.20. The maximum absolute atomic E-state index is 6.15. The molecule has 104 valence electrons. The van der Waals surface area contributed by atoms with Gasteiger partial charge in [0.1, 0.15) is 5.75 Å². The predicted octanol–water partition coefficient (Wildman–Crippen LogP) is 5.21. The van der Waals surface area contributed by atoms with Crippen LogP contribution in [0.15, 0.2) is 40.9 Å². The summed E-state index contributed by atoms with van der Waals surface area (Å²) in [5, 5.41) is 4.36. The minimum Gasteiger partial charge on any atom is -0.497 e. The van der Waals surface area contributed by atoms with E-state index in [9.17, 15) is 0 Å². The Kier molecular flexibility index (Phi) is 3.90. The standard InChI is InChI=1S/C16H15BrClNO/c1-20-12-4-2-3-10(7-12)15-6-5-11-8-14(18)13(17)9-16(11)19-15/h2-4,7-9,15,19H,5-6H2,1H3. The van der Waals surface area contributed by atoms with Crippen LogP contribution in [-0.4, -0.2) is 7.11 Å². The first-order valence-corrected chi connectivity index (χ1v) is 7.73. The highest BCUT2D eigenvalue weighted by molar-refractivity contribution is 9.10. The van der Waals surface area contributed by atoms with Crippen LogP contribution in [0.25, 0.3) is 0 Å². The first-order valence-electron chi connectivity index (χ1n) is 6.56. The first-order chi connectivity index (χ1) is 9.67. The summed E-state index contributed by atoms with van der Waals surface area (Å²) < 4.78 is 6.22. The van der Waals surface area contributed by atoms with Gasteiger partial charge in [-0.05, 0) is 64.2 Å². The summed E-state index contributed by atoms with van der Waals surface area (Å²) in [4.78, 5) is 0. The topological polar surface area (TPSA) is 21.3 Å². The lowest BCUT2D eigenvalue weighted by atomic mass is 9.93. The van der Waals surface area contributed by atoms with Crippen LogP contribution < -0.4 is 10.1 Å². The van der Waals surface area contributed by atoms with E-state index in [1.165, 1.54) is 11.1 Å². The van der Waals surface area contributed by atoms with Crippen molar-refractivity contribution in [3.05, 3.63) is 57.0 Å². The van der Waals surface area contributed by atoms with Crippen molar-refractivity contribution in [2.75, 3.05) is 12.4 Å². The zero-order chi connectivity index (χ0) is 14.1. The van der Waals surface area contributed by atoms with Crippen LogP contribution in [0.5, 0.6) is 5.75 Å². The van der Waals surface area contributed by atoms with Crippen molar-refractivity contribution in [3.8, 4) is 5.75 Å². The van der Waals surface area contributed by atoms with Gasteiger partial charge in [-0.15, -0.1) is 0 Å². The number of hydrogen-bond donors (Lipinski definition) is 1. The van der Waals surface area contributed by atoms with Crippen molar-refractivity contribution in [3.63, 3.8) is 0 Å². The van der Waals surface area contributed by atoms with Crippen LogP contribution in [0, 0.1) is 0 Å². The van der Waals surface area contributed by atoms with Crippen LogP contribution >= 0.6 is 27.5 Å². The Bertz CT molecular complexity index is 644. The Hall–Kier alpha value is -1.19. The highest BCUT2D eigenvalue weighted by Gasteiger charge is 2.20. The third kappa shape index (κ3) is 2.65. The van der Waals surface area contributed by atoms with Gasteiger partial charge in [0.15, 0.2) is 0 Å². The summed E-state index contributed by atoms with van der Waals surface area (Å²) in [7, 11) is 1.70. The van der Waals surface area contributed by atoms with E-state index in [1.54, 1.807) is 7.11 Å². The Morgan fingerprint density at radius 1 is 1.30 bits per heavy atom. The average Bonchev–Trinajstić information content (AvgIpc) is 2.48. The van der Waals surface area contributed by atoms with Gasteiger partial charge in [0.2, 0.25) is 0 Å². The Labute approximate surface area is 132 Å². The number of fused-ring (bicyclic) bond motifs is 1. The molecule has 1 aliphatic rings. The van der Waals surface area contributed by atoms with Gasteiger partial charge in [0.05, 0.1) is 18.2 Å². The number of ether oxygens (including phenoxy) is 1. The number of hydrogen-bond acceptors (Lipinski definition) is 2. The molecule has 1 atom stereocenters. The minimum atomic E-state index is 0.311. The van der Waals surface area contributed by atoms with Gasteiger partial charge < -0.3 is 10.1 Å². The molecular formula is C16H15BrClNO. The van der Waals surface area contributed by atoms with Gasteiger partial charge in [-0.2, -0.15) is 0 Å². The zero-order valence-corrected chi connectivity index (χ0v) is 13.5. The molecule has 0 aliphatic carbocycles. The Morgan fingerprint density at radius 2 is 2.15 bits per heavy atom. The molecule has 0 saturated carbocycles. The fourth-order valence-corrected chi connectivity index (χ4v) is 3.13. The van der Waals surface area contributed by atoms with E-state index < -0.39 is 0 Å². The van der Waals surface area contributed by atoms with E-state index in [1.807, 2.05) is 18.2 Å². The van der Waals surface area contributed by atoms with Gasteiger partial charge >= 0.3 is 0 Å². The largest absolute Gasteiger partial charge is 0.497 e. The number of benzene rings is 2. The lowest BCUT2D eigenvalue weighted by Gasteiger charge is -2.28. The molecule has 0 bridgehead atoms. The fourth-order valence-electron chi connectivity index (χ4n) is 2.60. The number of aryl methyl sites for hydroxylation is 1. The van der Waals surface area contributed by atoms with E-state index in [-0.39, 0.29) is 0 Å². The summed E-state index contributed by atoms with van der Waals surface area (Å²) in [6.45, 7) is 0. The van der Waals surface area contributed by atoms with Crippen molar-refractivity contribution in [2.45, 2.75) is 18.9 Å². The van der Waals surface area contributed by atoms with Gasteiger partial charge in [-0.3, -0.25) is 0 Å².